The van der Waals surface area contributed by atoms with Crippen molar-refractivity contribution in [2.45, 2.75) is 37.2 Å². The van der Waals surface area contributed by atoms with E-state index < -0.39 is 22.1 Å². The maximum Gasteiger partial charge on any atom is 0.341 e. The van der Waals surface area contributed by atoms with Gasteiger partial charge in [-0.1, -0.05) is 12.1 Å². The molecule has 8 nitrogen and oxygen atoms in total. The minimum absolute atomic E-state index is 0.0252. The number of carbonyl (C=O) groups is 2. The fraction of sp³-hybridized carbons (Fsp3) is 0.333. The van der Waals surface area contributed by atoms with Crippen molar-refractivity contribution < 1.29 is 27.5 Å². The van der Waals surface area contributed by atoms with E-state index in [-0.39, 0.29) is 22.1 Å². The fourth-order valence-corrected chi connectivity index (χ4v) is 4.13. The first kappa shape index (κ1) is 21.6. The Morgan fingerprint density at radius 1 is 1.13 bits per heavy atom. The highest BCUT2D eigenvalue weighted by Crippen LogP contribution is 2.23. The number of esters is 1. The number of amides is 1. The second-order valence-corrected chi connectivity index (χ2v) is 8.42. The van der Waals surface area contributed by atoms with Crippen molar-refractivity contribution in [1.29, 1.82) is 0 Å². The van der Waals surface area contributed by atoms with Gasteiger partial charge < -0.3 is 14.8 Å². The molecule has 1 heterocycles. The van der Waals surface area contributed by atoms with E-state index in [0.717, 1.165) is 12.8 Å². The highest BCUT2D eigenvalue weighted by molar-refractivity contribution is 7.92. The number of sulfonamides is 1. The van der Waals surface area contributed by atoms with Crippen LogP contribution in [0.5, 0.6) is 5.75 Å². The monoisotopic (exact) mass is 432 g/mol. The summed E-state index contributed by atoms with van der Waals surface area (Å²) in [6.45, 7) is 2.85. The lowest BCUT2D eigenvalue weighted by Gasteiger charge is -2.16. The summed E-state index contributed by atoms with van der Waals surface area (Å²) in [5.74, 6) is -0.544. The Kier molecular flexibility index (Phi) is 6.94. The van der Waals surface area contributed by atoms with Crippen molar-refractivity contribution in [3.63, 3.8) is 0 Å². The molecule has 1 amide bonds. The van der Waals surface area contributed by atoms with Gasteiger partial charge in [-0.25, -0.2) is 13.2 Å². The summed E-state index contributed by atoms with van der Waals surface area (Å²) >= 11 is 0. The van der Waals surface area contributed by atoms with Crippen LogP contribution in [0, 0.1) is 0 Å². The van der Waals surface area contributed by atoms with Gasteiger partial charge in [0.2, 0.25) is 0 Å². The number of nitrogens with one attached hydrogen (secondary N) is 2. The van der Waals surface area contributed by atoms with E-state index in [1.165, 1.54) is 24.3 Å². The molecule has 1 fully saturated rings. The molecular formula is C21H24N2O6S. The van der Waals surface area contributed by atoms with Crippen LogP contribution in [0.2, 0.25) is 0 Å². The quantitative estimate of drug-likeness (QED) is 0.651. The Labute approximate surface area is 175 Å². The summed E-state index contributed by atoms with van der Waals surface area (Å²) in [5, 5.41) is 2.70. The van der Waals surface area contributed by atoms with E-state index in [9.17, 15) is 18.0 Å². The molecule has 1 atom stereocenters. The molecule has 1 unspecified atom stereocenters. The lowest BCUT2D eigenvalue weighted by atomic mass is 10.1. The standard InChI is InChI=1S/C21H24N2O6S/c1-2-28-15-10-12-16(13-11-15)30(26,27)23-18-8-4-3-7-17(18)21(25)29-19-9-5-6-14-22-20(19)24/h3-4,7-8,10-13,19,23H,2,5-6,9,14H2,1H3,(H,22,24). The Balaban J connectivity index is 1.78. The van der Waals surface area contributed by atoms with Gasteiger partial charge in [-0.2, -0.15) is 0 Å². The maximum absolute atomic E-state index is 12.8. The van der Waals surface area contributed by atoms with Crippen molar-refractivity contribution in [2.75, 3.05) is 17.9 Å². The third-order valence-electron chi connectivity index (χ3n) is 4.57. The zero-order valence-corrected chi connectivity index (χ0v) is 17.4. The molecule has 9 heteroatoms. The van der Waals surface area contributed by atoms with Crippen LogP contribution in [0.3, 0.4) is 0 Å². The molecule has 0 radical (unpaired) electrons. The molecule has 0 aromatic heterocycles. The molecule has 3 rings (SSSR count). The molecule has 0 spiro atoms. The number of ether oxygens (including phenoxy) is 2. The number of benzene rings is 2. The number of carbonyl (C=O) groups excluding carboxylic acids is 2. The first-order valence-electron chi connectivity index (χ1n) is 9.74. The van der Waals surface area contributed by atoms with E-state index in [0.29, 0.717) is 25.3 Å². The van der Waals surface area contributed by atoms with Gasteiger partial charge in [0.1, 0.15) is 5.75 Å². The van der Waals surface area contributed by atoms with Crippen molar-refractivity contribution in [3.05, 3.63) is 54.1 Å². The summed E-state index contributed by atoms with van der Waals surface area (Å²) in [6.07, 6.45) is 1.11. The predicted molar refractivity (Wildman–Crippen MR) is 111 cm³/mol. The molecule has 0 bridgehead atoms. The summed E-state index contributed by atoms with van der Waals surface area (Å²) in [7, 11) is -3.94. The van der Waals surface area contributed by atoms with Crippen LogP contribution in [-0.4, -0.2) is 39.5 Å². The molecule has 1 aliphatic rings. The van der Waals surface area contributed by atoms with Crippen LogP contribution >= 0.6 is 0 Å². The molecule has 0 aliphatic carbocycles. The Morgan fingerprint density at radius 2 is 1.87 bits per heavy atom. The summed E-state index contributed by atoms with van der Waals surface area (Å²) < 4.78 is 38.7. The van der Waals surface area contributed by atoms with Gasteiger partial charge in [-0.15, -0.1) is 0 Å². The second-order valence-electron chi connectivity index (χ2n) is 6.74. The number of hydrogen-bond acceptors (Lipinski definition) is 6. The van der Waals surface area contributed by atoms with Crippen LogP contribution in [0.4, 0.5) is 5.69 Å². The van der Waals surface area contributed by atoms with Crippen molar-refractivity contribution in [1.82, 2.24) is 5.32 Å². The fourth-order valence-electron chi connectivity index (χ4n) is 3.05. The van der Waals surface area contributed by atoms with E-state index in [1.807, 2.05) is 6.92 Å². The Hall–Kier alpha value is -3.07. The second kappa shape index (κ2) is 9.62. The van der Waals surface area contributed by atoms with Crippen molar-refractivity contribution in [3.8, 4) is 5.75 Å². The first-order valence-corrected chi connectivity index (χ1v) is 11.2. The highest BCUT2D eigenvalue weighted by Gasteiger charge is 2.27. The van der Waals surface area contributed by atoms with Gasteiger partial charge in [0.15, 0.2) is 6.10 Å². The van der Waals surface area contributed by atoms with Gasteiger partial charge in [0.25, 0.3) is 15.9 Å². The SMILES string of the molecule is CCOc1ccc(S(=O)(=O)Nc2ccccc2C(=O)OC2CCCCNC2=O)cc1. The van der Waals surface area contributed by atoms with Crippen LogP contribution in [0.1, 0.15) is 36.5 Å². The molecule has 1 aliphatic heterocycles. The van der Waals surface area contributed by atoms with E-state index >= 15 is 0 Å². The third kappa shape index (κ3) is 5.29. The largest absolute Gasteiger partial charge is 0.494 e. The maximum atomic E-state index is 12.8. The van der Waals surface area contributed by atoms with Crippen LogP contribution in [0.25, 0.3) is 0 Å². The number of rotatable bonds is 7. The van der Waals surface area contributed by atoms with Gasteiger partial charge in [-0.3, -0.25) is 9.52 Å². The van der Waals surface area contributed by atoms with Gasteiger partial charge in [-0.05, 0) is 62.6 Å². The average Bonchev–Trinajstić information content (AvgIpc) is 2.93. The Bertz CT molecular complexity index is 1000. The smallest absolute Gasteiger partial charge is 0.341 e. The molecule has 1 saturated heterocycles. The van der Waals surface area contributed by atoms with Crippen LogP contribution in [0.15, 0.2) is 53.4 Å². The number of anilines is 1. The van der Waals surface area contributed by atoms with E-state index in [2.05, 4.69) is 10.0 Å². The molecule has 2 aromatic carbocycles. The summed E-state index contributed by atoms with van der Waals surface area (Å²) in [4.78, 5) is 24.7. The molecule has 2 aromatic rings. The van der Waals surface area contributed by atoms with Gasteiger partial charge in [0.05, 0.1) is 22.8 Å². The normalized spacial score (nSPS) is 16.8. The molecule has 30 heavy (non-hydrogen) atoms. The third-order valence-corrected chi connectivity index (χ3v) is 5.95. The zero-order valence-electron chi connectivity index (χ0n) is 16.6. The molecule has 0 saturated carbocycles. The highest BCUT2D eigenvalue weighted by atomic mass is 32.2. The minimum atomic E-state index is -3.94. The molecule has 160 valence electrons. The summed E-state index contributed by atoms with van der Waals surface area (Å²) in [6, 6.07) is 12.1. The predicted octanol–water partition coefficient (Wildman–Crippen LogP) is 2.71. The molecule has 2 N–H and O–H groups in total. The van der Waals surface area contributed by atoms with Gasteiger partial charge in [0, 0.05) is 6.54 Å². The van der Waals surface area contributed by atoms with Crippen molar-refractivity contribution >= 4 is 27.6 Å². The van der Waals surface area contributed by atoms with Crippen LogP contribution < -0.4 is 14.8 Å². The Morgan fingerprint density at radius 3 is 2.60 bits per heavy atom. The van der Waals surface area contributed by atoms with E-state index in [1.54, 1.807) is 24.3 Å². The van der Waals surface area contributed by atoms with Gasteiger partial charge >= 0.3 is 5.97 Å². The topological polar surface area (TPSA) is 111 Å². The lowest BCUT2D eigenvalue weighted by molar-refractivity contribution is -0.129. The van der Waals surface area contributed by atoms with Crippen LogP contribution in [-0.2, 0) is 19.6 Å². The number of para-hydroxylation sites is 1. The number of hydrogen-bond donors (Lipinski definition) is 2. The summed E-state index contributed by atoms with van der Waals surface area (Å²) in [5.41, 5.74) is 0.106. The molecular weight excluding hydrogens is 408 g/mol. The lowest BCUT2D eigenvalue weighted by Crippen LogP contribution is -2.36. The minimum Gasteiger partial charge on any atom is -0.494 e. The first-order chi connectivity index (χ1) is 14.4. The average molecular weight is 432 g/mol. The van der Waals surface area contributed by atoms with E-state index in [4.69, 9.17) is 9.47 Å². The zero-order chi connectivity index (χ0) is 21.6. The van der Waals surface area contributed by atoms with Crippen molar-refractivity contribution in [2.24, 2.45) is 0 Å².